The molecule has 1 unspecified atom stereocenters. The van der Waals surface area contributed by atoms with Gasteiger partial charge in [0.2, 0.25) is 11.8 Å². The molecule has 4 atom stereocenters. The van der Waals surface area contributed by atoms with Gasteiger partial charge in [-0.25, -0.2) is 0 Å². The Morgan fingerprint density at radius 3 is 2.13 bits per heavy atom. The molecule has 38 heavy (non-hydrogen) atoms. The van der Waals surface area contributed by atoms with Crippen molar-refractivity contribution < 1.29 is 38.6 Å². The summed E-state index contributed by atoms with van der Waals surface area (Å²) in [5.74, 6) is -6.84. The number of amides is 2. The van der Waals surface area contributed by atoms with Crippen LogP contribution in [-0.2, 0) is 39.9 Å². The van der Waals surface area contributed by atoms with Crippen molar-refractivity contribution in [3.8, 4) is 0 Å². The maximum absolute atomic E-state index is 13.0. The Morgan fingerprint density at radius 2 is 1.61 bits per heavy atom. The van der Waals surface area contributed by atoms with Crippen LogP contribution in [0.2, 0.25) is 0 Å². The van der Waals surface area contributed by atoms with E-state index in [1.54, 1.807) is 13.8 Å². The molecule has 210 valence electrons. The molecule has 12 nitrogen and oxygen atoms in total. The van der Waals surface area contributed by atoms with Crippen LogP contribution in [0.4, 0.5) is 0 Å². The highest BCUT2D eigenvalue weighted by atomic mass is 16.5. The Balaban J connectivity index is 2.89. The summed E-state index contributed by atoms with van der Waals surface area (Å²) in [5.41, 5.74) is 12.4. The van der Waals surface area contributed by atoms with E-state index in [-0.39, 0.29) is 6.42 Å². The summed E-state index contributed by atoms with van der Waals surface area (Å²) in [5, 5.41) is 14.2. The van der Waals surface area contributed by atoms with Crippen LogP contribution >= 0.6 is 0 Å². The van der Waals surface area contributed by atoms with Gasteiger partial charge in [0.25, 0.3) is 0 Å². The van der Waals surface area contributed by atoms with Crippen LogP contribution in [0, 0.1) is 11.8 Å². The van der Waals surface area contributed by atoms with Crippen LogP contribution in [0.5, 0.6) is 0 Å². The van der Waals surface area contributed by atoms with Gasteiger partial charge in [-0.05, 0) is 24.3 Å². The van der Waals surface area contributed by atoms with Gasteiger partial charge in [-0.15, -0.1) is 0 Å². The van der Waals surface area contributed by atoms with Gasteiger partial charge in [0.1, 0.15) is 12.0 Å². The SMILES string of the molecule is COC(=O)C[C@H](N)C(=O)C(CN)C(=O)N[C@H](C(=O)N[C@@H](CC(=O)O)C(=O)CCCc1ccccc1)C(C)C. The van der Waals surface area contributed by atoms with Crippen LogP contribution in [-0.4, -0.2) is 72.2 Å². The van der Waals surface area contributed by atoms with Crippen molar-refractivity contribution in [1.82, 2.24) is 10.6 Å². The first-order valence-corrected chi connectivity index (χ1v) is 12.4. The van der Waals surface area contributed by atoms with Gasteiger partial charge in [-0.2, -0.15) is 0 Å². The molecule has 12 heteroatoms. The number of ether oxygens (including phenoxy) is 1. The number of benzene rings is 1. The average molecular weight is 535 g/mol. The van der Waals surface area contributed by atoms with Crippen molar-refractivity contribution in [3.05, 3.63) is 35.9 Å². The van der Waals surface area contributed by atoms with E-state index >= 15 is 0 Å². The Labute approximate surface area is 221 Å². The third-order valence-corrected chi connectivity index (χ3v) is 5.94. The number of rotatable bonds is 17. The number of hydrogen-bond donors (Lipinski definition) is 5. The molecule has 0 bridgehead atoms. The molecule has 1 rings (SSSR count). The van der Waals surface area contributed by atoms with Gasteiger partial charge in [0.05, 0.1) is 32.0 Å². The molecule has 2 amide bonds. The second-order valence-electron chi connectivity index (χ2n) is 9.27. The number of methoxy groups -OCH3 is 1. The molecule has 0 aromatic heterocycles. The summed E-state index contributed by atoms with van der Waals surface area (Å²) in [6.07, 6.45) is 0.0496. The highest BCUT2D eigenvalue weighted by Crippen LogP contribution is 2.11. The van der Waals surface area contributed by atoms with Gasteiger partial charge in [0, 0.05) is 13.0 Å². The topological polar surface area (TPSA) is 208 Å². The monoisotopic (exact) mass is 534 g/mol. The van der Waals surface area contributed by atoms with E-state index in [4.69, 9.17) is 11.5 Å². The van der Waals surface area contributed by atoms with Crippen molar-refractivity contribution in [2.45, 2.75) is 64.1 Å². The Bertz CT molecular complexity index is 983. The molecule has 1 aromatic rings. The number of Topliss-reactive ketones (excluding diaryl/α,β-unsaturated/α-hetero) is 2. The van der Waals surface area contributed by atoms with E-state index in [0.29, 0.717) is 12.8 Å². The summed E-state index contributed by atoms with van der Waals surface area (Å²) >= 11 is 0. The molecule has 0 radical (unpaired) electrons. The zero-order valence-corrected chi connectivity index (χ0v) is 22.0. The molecule has 0 saturated carbocycles. The highest BCUT2D eigenvalue weighted by molar-refractivity contribution is 6.06. The van der Waals surface area contributed by atoms with Crippen LogP contribution in [0.1, 0.15) is 45.1 Å². The molecule has 0 aliphatic rings. The van der Waals surface area contributed by atoms with Crippen molar-refractivity contribution >= 4 is 35.3 Å². The second kappa shape index (κ2) is 16.3. The lowest BCUT2D eigenvalue weighted by Crippen LogP contribution is -2.57. The van der Waals surface area contributed by atoms with Crippen molar-refractivity contribution in [2.24, 2.45) is 23.3 Å². The number of nitrogens with two attached hydrogens (primary N) is 2. The fourth-order valence-electron chi connectivity index (χ4n) is 3.73. The number of aryl methyl sites for hydroxylation is 1. The number of aliphatic carboxylic acids is 1. The maximum atomic E-state index is 13.0. The molecule has 0 aliphatic heterocycles. The number of carboxylic acids is 1. The minimum atomic E-state index is -1.43. The van der Waals surface area contributed by atoms with Gasteiger partial charge in [0.15, 0.2) is 11.6 Å². The molecule has 7 N–H and O–H groups in total. The lowest BCUT2D eigenvalue weighted by Gasteiger charge is -2.26. The molecule has 0 saturated heterocycles. The van der Waals surface area contributed by atoms with Gasteiger partial charge in [-0.1, -0.05) is 44.2 Å². The average Bonchev–Trinajstić information content (AvgIpc) is 2.86. The lowest BCUT2D eigenvalue weighted by atomic mass is 9.94. The molecular weight excluding hydrogens is 496 g/mol. The molecule has 1 aromatic carbocycles. The van der Waals surface area contributed by atoms with E-state index in [2.05, 4.69) is 15.4 Å². The smallest absolute Gasteiger partial charge is 0.307 e. The van der Waals surface area contributed by atoms with Gasteiger partial charge < -0.3 is 31.9 Å². The predicted octanol–water partition coefficient (Wildman–Crippen LogP) is -0.287. The van der Waals surface area contributed by atoms with E-state index in [9.17, 15) is 33.9 Å². The standard InChI is InChI=1S/C26H38N4O8/c1-15(2)23(30-25(36)17(14-27)24(35)18(28)12-22(34)38-3)26(37)29-19(13-21(32)33)20(31)11-7-10-16-8-5-4-6-9-16/h4-6,8-9,15,17-19,23H,7,10-14,27-28H2,1-3H3,(H,29,37)(H,30,36)(H,32,33)/t17?,18-,19-,23-/m0/s1. The van der Waals surface area contributed by atoms with Crippen LogP contribution in [0.3, 0.4) is 0 Å². The maximum Gasteiger partial charge on any atom is 0.307 e. The molecule has 0 fully saturated rings. The number of carbonyl (C=O) groups excluding carboxylic acids is 5. The molecular formula is C26H38N4O8. The zero-order valence-electron chi connectivity index (χ0n) is 22.0. The van der Waals surface area contributed by atoms with Gasteiger partial charge in [-0.3, -0.25) is 28.8 Å². The zero-order chi connectivity index (χ0) is 28.8. The van der Waals surface area contributed by atoms with E-state index in [0.717, 1.165) is 12.7 Å². The van der Waals surface area contributed by atoms with Crippen LogP contribution in [0.25, 0.3) is 0 Å². The van der Waals surface area contributed by atoms with Crippen molar-refractivity contribution in [1.29, 1.82) is 0 Å². The summed E-state index contributed by atoms with van der Waals surface area (Å²) in [6.45, 7) is 2.83. The first-order valence-electron chi connectivity index (χ1n) is 12.4. The quantitative estimate of drug-likeness (QED) is 0.130. The number of ketones is 2. The minimum absolute atomic E-state index is 0.0493. The molecule has 0 heterocycles. The number of carbonyl (C=O) groups is 6. The van der Waals surface area contributed by atoms with Crippen molar-refractivity contribution in [3.63, 3.8) is 0 Å². The van der Waals surface area contributed by atoms with Crippen molar-refractivity contribution in [2.75, 3.05) is 13.7 Å². The third-order valence-electron chi connectivity index (χ3n) is 5.94. The predicted molar refractivity (Wildman–Crippen MR) is 137 cm³/mol. The molecule has 0 aliphatic carbocycles. The summed E-state index contributed by atoms with van der Waals surface area (Å²) < 4.78 is 4.48. The number of carboxylic acid groups (broad SMARTS) is 1. The van der Waals surface area contributed by atoms with Gasteiger partial charge >= 0.3 is 11.9 Å². The first-order chi connectivity index (χ1) is 17.9. The Morgan fingerprint density at radius 1 is 0.974 bits per heavy atom. The fourth-order valence-corrected chi connectivity index (χ4v) is 3.73. The van der Waals surface area contributed by atoms with Crippen LogP contribution in [0.15, 0.2) is 30.3 Å². The number of nitrogens with one attached hydrogen (secondary N) is 2. The Kier molecular flexibility index (Phi) is 13.9. The summed E-state index contributed by atoms with van der Waals surface area (Å²) in [4.78, 5) is 74.0. The fraction of sp³-hybridized carbons (Fsp3) is 0.538. The van der Waals surface area contributed by atoms with Crippen LogP contribution < -0.4 is 22.1 Å². The van der Waals surface area contributed by atoms with E-state index in [1.165, 1.54) is 0 Å². The third kappa shape index (κ3) is 10.8. The minimum Gasteiger partial charge on any atom is -0.481 e. The number of hydrogen-bond acceptors (Lipinski definition) is 9. The normalized spacial score (nSPS) is 14.1. The van der Waals surface area contributed by atoms with E-state index < -0.39 is 84.7 Å². The highest BCUT2D eigenvalue weighted by Gasteiger charge is 2.35. The molecule has 0 spiro atoms. The summed E-state index contributed by atoms with van der Waals surface area (Å²) in [6, 6.07) is 5.63. The second-order valence-corrected chi connectivity index (χ2v) is 9.27. The number of esters is 1. The summed E-state index contributed by atoms with van der Waals surface area (Å²) in [7, 11) is 1.13. The van der Waals surface area contributed by atoms with E-state index in [1.807, 2.05) is 30.3 Å². The largest absolute Gasteiger partial charge is 0.481 e. The Hall–Kier alpha value is -3.64. The lowest BCUT2D eigenvalue weighted by molar-refractivity contribution is -0.144. The first kappa shape index (κ1) is 32.4.